The molecule has 1 aromatic carbocycles. The second-order valence-electron chi connectivity index (χ2n) is 7.56. The van der Waals surface area contributed by atoms with Crippen LogP contribution < -0.4 is 0 Å². The highest BCUT2D eigenvalue weighted by Gasteiger charge is 2.43. The molecule has 0 N–H and O–H groups in total. The van der Waals surface area contributed by atoms with Gasteiger partial charge in [0.2, 0.25) is 10.0 Å². The average molecular weight is 466 g/mol. The molecule has 3 aliphatic rings. The standard InChI is InChI=1S/C17H23NO8S3/c19-27(20)11-4-16(13-27)28(21,22)14-2-1-3-15(12-14)29(23,24)18-7-5-17(6-8-18)25-9-10-26-17/h1-3,12,16H,4-11,13H2/t16-/m1/s1. The molecule has 29 heavy (non-hydrogen) atoms. The van der Waals surface area contributed by atoms with E-state index < -0.39 is 46.5 Å². The van der Waals surface area contributed by atoms with Crippen LogP contribution in [0.4, 0.5) is 0 Å². The van der Waals surface area contributed by atoms with Crippen molar-refractivity contribution in [1.82, 2.24) is 4.31 Å². The Bertz CT molecular complexity index is 1100. The van der Waals surface area contributed by atoms with Gasteiger partial charge >= 0.3 is 0 Å². The molecule has 3 heterocycles. The van der Waals surface area contributed by atoms with Gasteiger partial charge in [-0.3, -0.25) is 0 Å². The van der Waals surface area contributed by atoms with Gasteiger partial charge in [-0.1, -0.05) is 6.07 Å². The van der Waals surface area contributed by atoms with E-state index in [1.165, 1.54) is 22.5 Å². The van der Waals surface area contributed by atoms with Gasteiger partial charge in [-0.05, 0) is 24.6 Å². The second kappa shape index (κ2) is 7.27. The summed E-state index contributed by atoms with van der Waals surface area (Å²) in [5.74, 6) is -1.32. The van der Waals surface area contributed by atoms with E-state index in [4.69, 9.17) is 9.47 Å². The maximum absolute atomic E-state index is 13.0. The molecule has 0 radical (unpaired) electrons. The van der Waals surface area contributed by atoms with Crippen molar-refractivity contribution in [3.63, 3.8) is 0 Å². The molecule has 0 aliphatic carbocycles. The van der Waals surface area contributed by atoms with Gasteiger partial charge in [0.15, 0.2) is 25.5 Å². The fraction of sp³-hybridized carbons (Fsp3) is 0.647. The number of piperidine rings is 1. The van der Waals surface area contributed by atoms with Crippen LogP contribution in [0, 0.1) is 0 Å². The third-order valence-corrected chi connectivity index (χ3v) is 11.8. The Hall–Kier alpha value is -1.05. The number of sulfonamides is 1. The van der Waals surface area contributed by atoms with Crippen LogP contribution >= 0.6 is 0 Å². The largest absolute Gasteiger partial charge is 0.347 e. The van der Waals surface area contributed by atoms with Gasteiger partial charge in [0, 0.05) is 25.9 Å². The number of rotatable bonds is 4. The number of benzene rings is 1. The molecule has 1 spiro atoms. The zero-order valence-corrected chi connectivity index (χ0v) is 18.1. The summed E-state index contributed by atoms with van der Waals surface area (Å²) in [6.07, 6.45) is 0.837. The summed E-state index contributed by atoms with van der Waals surface area (Å²) in [7, 11) is -11.2. The summed E-state index contributed by atoms with van der Waals surface area (Å²) in [5, 5.41) is -1.04. The van der Waals surface area contributed by atoms with Crippen molar-refractivity contribution in [2.45, 2.75) is 40.1 Å². The van der Waals surface area contributed by atoms with Gasteiger partial charge in [-0.15, -0.1) is 0 Å². The van der Waals surface area contributed by atoms with Crippen molar-refractivity contribution in [2.75, 3.05) is 37.8 Å². The lowest BCUT2D eigenvalue weighted by Crippen LogP contribution is -2.47. The Morgan fingerprint density at radius 3 is 2.21 bits per heavy atom. The van der Waals surface area contributed by atoms with E-state index in [0.717, 1.165) is 6.07 Å². The number of nitrogens with zero attached hydrogens (tertiary/aromatic N) is 1. The third-order valence-electron chi connectivity index (χ3n) is 5.70. The number of hydrogen-bond acceptors (Lipinski definition) is 8. The van der Waals surface area contributed by atoms with Gasteiger partial charge in [-0.25, -0.2) is 25.3 Å². The summed E-state index contributed by atoms with van der Waals surface area (Å²) in [4.78, 5) is -0.291. The second-order valence-corrected chi connectivity index (χ2v) is 14.0. The van der Waals surface area contributed by atoms with Crippen molar-refractivity contribution in [1.29, 1.82) is 0 Å². The quantitative estimate of drug-likeness (QED) is 0.617. The Morgan fingerprint density at radius 1 is 1.00 bits per heavy atom. The van der Waals surface area contributed by atoms with Crippen molar-refractivity contribution in [3.05, 3.63) is 24.3 Å². The predicted molar refractivity (Wildman–Crippen MR) is 103 cm³/mol. The molecule has 9 nitrogen and oxygen atoms in total. The van der Waals surface area contributed by atoms with Crippen LogP contribution in [0.2, 0.25) is 0 Å². The minimum absolute atomic E-state index is 0.0237. The topological polar surface area (TPSA) is 124 Å². The fourth-order valence-corrected chi connectivity index (χ4v) is 9.98. The minimum atomic E-state index is -3.94. The highest BCUT2D eigenvalue weighted by atomic mass is 32.2. The van der Waals surface area contributed by atoms with Crippen LogP contribution in [-0.4, -0.2) is 78.4 Å². The maximum atomic E-state index is 13.0. The molecule has 4 rings (SSSR count). The Balaban J connectivity index is 1.57. The zero-order valence-electron chi connectivity index (χ0n) is 15.7. The monoisotopic (exact) mass is 465 g/mol. The van der Waals surface area contributed by atoms with Gasteiger partial charge < -0.3 is 9.47 Å². The fourth-order valence-electron chi connectivity index (χ4n) is 4.01. The van der Waals surface area contributed by atoms with E-state index in [9.17, 15) is 25.3 Å². The molecular weight excluding hydrogens is 442 g/mol. The molecule has 1 aromatic rings. The van der Waals surface area contributed by atoms with Gasteiger partial charge in [-0.2, -0.15) is 4.31 Å². The van der Waals surface area contributed by atoms with Crippen molar-refractivity contribution >= 4 is 29.7 Å². The molecule has 0 unspecified atom stereocenters. The molecule has 0 saturated carbocycles. The SMILES string of the molecule is O=S1(=O)CC[C@@H](S(=O)(=O)c2cccc(S(=O)(=O)N3CCC4(CC3)OCCO4)c2)C1. The molecule has 0 amide bonds. The molecular formula is C17H23NO8S3. The van der Waals surface area contributed by atoms with E-state index >= 15 is 0 Å². The smallest absolute Gasteiger partial charge is 0.243 e. The van der Waals surface area contributed by atoms with E-state index in [1.807, 2.05) is 0 Å². The first kappa shape index (κ1) is 21.2. The first-order valence-electron chi connectivity index (χ1n) is 9.37. The van der Waals surface area contributed by atoms with Gasteiger partial charge in [0.1, 0.15) is 0 Å². The van der Waals surface area contributed by atoms with Gasteiger partial charge in [0.05, 0.1) is 39.8 Å². The first-order valence-corrected chi connectivity index (χ1v) is 14.2. The molecule has 12 heteroatoms. The summed E-state index contributed by atoms with van der Waals surface area (Å²) >= 11 is 0. The van der Waals surface area contributed by atoms with Crippen LogP contribution in [0.5, 0.6) is 0 Å². The van der Waals surface area contributed by atoms with E-state index in [-0.39, 0.29) is 35.1 Å². The average Bonchev–Trinajstić information content (AvgIpc) is 3.29. The van der Waals surface area contributed by atoms with Crippen LogP contribution in [-0.2, 0) is 39.2 Å². The summed E-state index contributed by atoms with van der Waals surface area (Å²) < 4.78 is 87.6. The molecule has 3 fully saturated rings. The van der Waals surface area contributed by atoms with E-state index in [0.29, 0.717) is 26.1 Å². The lowest BCUT2D eigenvalue weighted by Gasteiger charge is -2.36. The highest BCUT2D eigenvalue weighted by Crippen LogP contribution is 2.34. The number of sulfone groups is 2. The van der Waals surface area contributed by atoms with E-state index in [1.54, 1.807) is 0 Å². The lowest BCUT2D eigenvalue weighted by atomic mass is 10.1. The van der Waals surface area contributed by atoms with Gasteiger partial charge in [0.25, 0.3) is 0 Å². The van der Waals surface area contributed by atoms with Crippen LogP contribution in [0.15, 0.2) is 34.1 Å². The Labute approximate surface area is 170 Å². The van der Waals surface area contributed by atoms with Crippen LogP contribution in [0.1, 0.15) is 19.3 Å². The van der Waals surface area contributed by atoms with Crippen LogP contribution in [0.3, 0.4) is 0 Å². The first-order chi connectivity index (χ1) is 13.5. The minimum Gasteiger partial charge on any atom is -0.347 e. The summed E-state index contributed by atoms with van der Waals surface area (Å²) in [6.45, 7) is 1.40. The Morgan fingerprint density at radius 2 is 1.62 bits per heavy atom. The Kier molecular flexibility index (Phi) is 5.32. The third kappa shape index (κ3) is 3.98. The molecule has 0 bridgehead atoms. The lowest BCUT2D eigenvalue weighted by molar-refractivity contribution is -0.179. The molecule has 3 aliphatic heterocycles. The normalized spacial score (nSPS) is 27.4. The summed E-state index contributed by atoms with van der Waals surface area (Å²) in [5.41, 5.74) is 0. The van der Waals surface area contributed by atoms with E-state index in [2.05, 4.69) is 0 Å². The molecule has 3 saturated heterocycles. The maximum Gasteiger partial charge on any atom is 0.243 e. The number of ether oxygens (including phenoxy) is 2. The molecule has 1 atom stereocenters. The zero-order chi connectivity index (χ0) is 20.9. The van der Waals surface area contributed by atoms with Crippen LogP contribution in [0.25, 0.3) is 0 Å². The highest BCUT2D eigenvalue weighted by molar-refractivity contribution is 7.96. The van der Waals surface area contributed by atoms with Crippen molar-refractivity contribution < 1.29 is 34.7 Å². The molecule has 0 aromatic heterocycles. The molecule has 162 valence electrons. The van der Waals surface area contributed by atoms with Crippen molar-refractivity contribution in [2.24, 2.45) is 0 Å². The van der Waals surface area contributed by atoms with Crippen molar-refractivity contribution in [3.8, 4) is 0 Å². The predicted octanol–water partition coefficient (Wildman–Crippen LogP) is 0.175. The number of hydrogen-bond donors (Lipinski definition) is 0. The summed E-state index contributed by atoms with van der Waals surface area (Å²) in [6, 6.07) is 5.16.